The number of carbonyl (C=O) groups is 1. The quantitative estimate of drug-likeness (QED) is 0.697. The van der Waals surface area contributed by atoms with Crippen LogP contribution in [-0.2, 0) is 4.79 Å². The van der Waals surface area contributed by atoms with Crippen molar-refractivity contribution in [3.63, 3.8) is 0 Å². The first-order valence-electron chi connectivity index (χ1n) is 9.53. The maximum atomic E-state index is 12.4. The first kappa shape index (κ1) is 18.2. The molecule has 5 heteroatoms. The Morgan fingerprint density at radius 1 is 1.00 bits per heavy atom. The molecular weight excluding hydrogens is 354 g/mol. The molecule has 1 atom stereocenters. The van der Waals surface area contributed by atoms with Crippen LogP contribution in [0.5, 0.6) is 17.2 Å². The normalized spacial score (nSPS) is 13.8. The van der Waals surface area contributed by atoms with Crippen LogP contribution >= 0.6 is 0 Å². The molecule has 28 heavy (non-hydrogen) atoms. The van der Waals surface area contributed by atoms with Gasteiger partial charge in [-0.25, -0.2) is 0 Å². The smallest absolute Gasteiger partial charge is 0.258 e. The number of ether oxygens (including phenoxy) is 3. The van der Waals surface area contributed by atoms with Crippen molar-refractivity contribution in [3.05, 3.63) is 66.2 Å². The van der Waals surface area contributed by atoms with Crippen molar-refractivity contribution < 1.29 is 19.0 Å². The summed E-state index contributed by atoms with van der Waals surface area (Å²) in [4.78, 5) is 12.4. The highest BCUT2D eigenvalue weighted by molar-refractivity contribution is 5.84. The van der Waals surface area contributed by atoms with Crippen molar-refractivity contribution in [1.82, 2.24) is 5.32 Å². The molecule has 1 amide bonds. The van der Waals surface area contributed by atoms with E-state index in [1.54, 1.807) is 0 Å². The third-order valence-electron chi connectivity index (χ3n) is 4.80. The maximum Gasteiger partial charge on any atom is 0.258 e. The zero-order valence-electron chi connectivity index (χ0n) is 15.8. The third-order valence-corrected chi connectivity index (χ3v) is 4.80. The Labute approximate surface area is 164 Å². The Kier molecular flexibility index (Phi) is 5.33. The molecule has 144 valence electrons. The minimum atomic E-state index is -0.158. The molecule has 0 spiro atoms. The third kappa shape index (κ3) is 4.03. The first-order valence-corrected chi connectivity index (χ1v) is 9.53. The van der Waals surface area contributed by atoms with E-state index in [4.69, 9.17) is 14.2 Å². The highest BCUT2D eigenvalue weighted by Gasteiger charge is 2.18. The molecule has 4 rings (SSSR count). The van der Waals surface area contributed by atoms with Crippen LogP contribution in [-0.4, -0.2) is 25.7 Å². The minimum Gasteiger partial charge on any atom is -0.486 e. The zero-order valence-corrected chi connectivity index (χ0v) is 15.8. The van der Waals surface area contributed by atoms with E-state index in [1.165, 1.54) is 0 Å². The molecule has 0 fully saturated rings. The standard InChI is InChI=1S/C23H23NO4/c1-2-20(18-8-10-21-22(14-18)27-12-11-26-21)24-23(25)15-28-19-9-7-16-5-3-4-6-17(16)13-19/h3-10,13-14,20H,2,11-12,15H2,1H3,(H,24,25). The molecule has 1 heterocycles. The summed E-state index contributed by atoms with van der Waals surface area (Å²) in [5.74, 6) is 2.00. The van der Waals surface area contributed by atoms with Crippen molar-refractivity contribution in [2.45, 2.75) is 19.4 Å². The Bertz CT molecular complexity index is 985. The Morgan fingerprint density at radius 2 is 1.79 bits per heavy atom. The van der Waals surface area contributed by atoms with Gasteiger partial charge in [-0.2, -0.15) is 0 Å². The summed E-state index contributed by atoms with van der Waals surface area (Å²) in [6, 6.07) is 19.6. The summed E-state index contributed by atoms with van der Waals surface area (Å²) >= 11 is 0. The number of benzene rings is 3. The fourth-order valence-corrected chi connectivity index (χ4v) is 3.34. The average molecular weight is 377 g/mol. The molecule has 3 aromatic carbocycles. The summed E-state index contributed by atoms with van der Waals surface area (Å²) < 4.78 is 16.9. The van der Waals surface area contributed by atoms with Crippen molar-refractivity contribution in [3.8, 4) is 17.2 Å². The molecule has 1 aliphatic heterocycles. The van der Waals surface area contributed by atoms with Crippen LogP contribution in [0.2, 0.25) is 0 Å². The van der Waals surface area contributed by atoms with E-state index >= 15 is 0 Å². The molecule has 0 radical (unpaired) electrons. The lowest BCUT2D eigenvalue weighted by Crippen LogP contribution is -2.32. The van der Waals surface area contributed by atoms with Gasteiger partial charge in [-0.15, -0.1) is 0 Å². The van der Waals surface area contributed by atoms with Gasteiger partial charge in [-0.1, -0.05) is 43.3 Å². The van der Waals surface area contributed by atoms with Gasteiger partial charge >= 0.3 is 0 Å². The van der Waals surface area contributed by atoms with E-state index in [-0.39, 0.29) is 18.6 Å². The van der Waals surface area contributed by atoms with Gasteiger partial charge in [0.2, 0.25) is 0 Å². The monoisotopic (exact) mass is 377 g/mol. The van der Waals surface area contributed by atoms with Crippen LogP contribution in [0.15, 0.2) is 60.7 Å². The summed E-state index contributed by atoms with van der Waals surface area (Å²) in [6.45, 7) is 3.11. The van der Waals surface area contributed by atoms with Gasteiger partial charge in [0.15, 0.2) is 18.1 Å². The first-order chi connectivity index (χ1) is 13.7. The van der Waals surface area contributed by atoms with Crippen molar-refractivity contribution in [1.29, 1.82) is 0 Å². The molecule has 0 aromatic heterocycles. The molecule has 3 aromatic rings. The van der Waals surface area contributed by atoms with Crippen LogP contribution in [0.3, 0.4) is 0 Å². The van der Waals surface area contributed by atoms with E-state index in [0.29, 0.717) is 19.0 Å². The van der Waals surface area contributed by atoms with Crippen LogP contribution in [0.25, 0.3) is 10.8 Å². The lowest BCUT2D eigenvalue weighted by Gasteiger charge is -2.22. The van der Waals surface area contributed by atoms with Gasteiger partial charge < -0.3 is 19.5 Å². The van der Waals surface area contributed by atoms with Gasteiger partial charge in [0, 0.05) is 0 Å². The minimum absolute atomic E-state index is 0.0284. The Morgan fingerprint density at radius 3 is 2.61 bits per heavy atom. The summed E-state index contributed by atoms with van der Waals surface area (Å²) in [7, 11) is 0. The van der Waals surface area contributed by atoms with Crippen LogP contribution in [0.1, 0.15) is 24.9 Å². The van der Waals surface area contributed by atoms with Gasteiger partial charge in [0.1, 0.15) is 19.0 Å². The average Bonchev–Trinajstić information content (AvgIpc) is 2.75. The molecule has 0 bridgehead atoms. The topological polar surface area (TPSA) is 56.8 Å². The molecular formula is C23H23NO4. The van der Waals surface area contributed by atoms with Crippen LogP contribution in [0.4, 0.5) is 0 Å². The van der Waals surface area contributed by atoms with Crippen LogP contribution < -0.4 is 19.5 Å². The number of amides is 1. The van der Waals surface area contributed by atoms with Crippen molar-refractivity contribution in [2.24, 2.45) is 0 Å². The van der Waals surface area contributed by atoms with Gasteiger partial charge in [0.25, 0.3) is 5.91 Å². The highest BCUT2D eigenvalue weighted by Crippen LogP contribution is 2.33. The Balaban J connectivity index is 1.38. The van der Waals surface area contributed by atoms with E-state index in [1.807, 2.05) is 67.6 Å². The molecule has 0 aliphatic carbocycles. The molecule has 0 saturated carbocycles. The number of nitrogens with one attached hydrogen (secondary N) is 1. The van der Waals surface area contributed by atoms with E-state index < -0.39 is 0 Å². The van der Waals surface area contributed by atoms with E-state index in [2.05, 4.69) is 5.32 Å². The fraction of sp³-hybridized carbons (Fsp3) is 0.261. The molecule has 1 unspecified atom stereocenters. The molecule has 0 saturated heterocycles. The lowest BCUT2D eigenvalue weighted by molar-refractivity contribution is -0.123. The predicted molar refractivity (Wildman–Crippen MR) is 108 cm³/mol. The van der Waals surface area contributed by atoms with E-state index in [0.717, 1.165) is 34.3 Å². The fourth-order valence-electron chi connectivity index (χ4n) is 3.34. The number of hydrogen-bond donors (Lipinski definition) is 1. The molecule has 1 N–H and O–H groups in total. The van der Waals surface area contributed by atoms with Crippen molar-refractivity contribution in [2.75, 3.05) is 19.8 Å². The number of rotatable bonds is 6. The van der Waals surface area contributed by atoms with Crippen LogP contribution in [0, 0.1) is 0 Å². The number of carbonyl (C=O) groups excluding carboxylic acids is 1. The molecule has 5 nitrogen and oxygen atoms in total. The van der Waals surface area contributed by atoms with Crippen molar-refractivity contribution >= 4 is 16.7 Å². The SMILES string of the molecule is CCC(NC(=O)COc1ccc2ccccc2c1)c1ccc2c(c1)OCCO2. The summed E-state index contributed by atoms with van der Waals surface area (Å²) in [5, 5.41) is 5.27. The second-order valence-corrected chi connectivity index (χ2v) is 6.73. The van der Waals surface area contributed by atoms with Gasteiger partial charge in [0.05, 0.1) is 6.04 Å². The summed E-state index contributed by atoms with van der Waals surface area (Å²) in [6.07, 6.45) is 0.765. The van der Waals surface area contributed by atoms with Gasteiger partial charge in [-0.05, 0) is 47.0 Å². The van der Waals surface area contributed by atoms with Gasteiger partial charge in [-0.3, -0.25) is 4.79 Å². The number of hydrogen-bond acceptors (Lipinski definition) is 4. The zero-order chi connectivity index (χ0) is 19.3. The highest BCUT2D eigenvalue weighted by atomic mass is 16.6. The predicted octanol–water partition coefficient (Wildman–Crippen LogP) is 4.26. The lowest BCUT2D eigenvalue weighted by atomic mass is 10.0. The maximum absolute atomic E-state index is 12.4. The second kappa shape index (κ2) is 8.21. The molecule has 1 aliphatic rings. The van der Waals surface area contributed by atoms with E-state index in [9.17, 15) is 4.79 Å². The number of fused-ring (bicyclic) bond motifs is 2. The Hall–Kier alpha value is -3.21. The second-order valence-electron chi connectivity index (χ2n) is 6.73. The summed E-state index contributed by atoms with van der Waals surface area (Å²) in [5.41, 5.74) is 0.991. The largest absolute Gasteiger partial charge is 0.486 e.